The molecule has 0 atom stereocenters. The summed E-state index contributed by atoms with van der Waals surface area (Å²) < 4.78 is 5.23. The Balaban J connectivity index is 2.69. The highest BCUT2D eigenvalue weighted by atomic mass is 35.5. The van der Waals surface area contributed by atoms with Crippen molar-refractivity contribution in [3.8, 4) is 5.75 Å². The molecule has 0 aliphatic heterocycles. The molecule has 0 aliphatic carbocycles. The zero-order valence-electron chi connectivity index (χ0n) is 8.29. The van der Waals surface area contributed by atoms with Crippen LogP contribution < -0.4 is 4.74 Å². The second kappa shape index (κ2) is 4.84. The van der Waals surface area contributed by atoms with Crippen molar-refractivity contribution in [3.63, 3.8) is 0 Å². The Bertz CT molecular complexity index is 399. The van der Waals surface area contributed by atoms with Crippen LogP contribution in [0.5, 0.6) is 5.75 Å². The van der Waals surface area contributed by atoms with Crippen LogP contribution in [-0.2, 0) is 4.79 Å². The van der Waals surface area contributed by atoms with Gasteiger partial charge in [-0.1, -0.05) is 24.2 Å². The average molecular weight is 227 g/mol. The first-order valence-corrected chi connectivity index (χ1v) is 4.68. The van der Waals surface area contributed by atoms with E-state index < -0.39 is 5.97 Å². The molecule has 1 N–H and O–H groups in total. The molecule has 4 heteroatoms. The number of halogens is 1. The minimum absolute atomic E-state index is 0.00688. The zero-order valence-corrected chi connectivity index (χ0v) is 9.04. The highest BCUT2D eigenvalue weighted by Gasteiger charge is 2.06. The highest BCUT2D eigenvalue weighted by molar-refractivity contribution is 6.32. The summed E-state index contributed by atoms with van der Waals surface area (Å²) in [5.74, 6) is -0.599. The first kappa shape index (κ1) is 11.6. The van der Waals surface area contributed by atoms with Crippen LogP contribution in [0.1, 0.15) is 5.56 Å². The van der Waals surface area contributed by atoms with E-state index in [2.05, 4.69) is 6.58 Å². The number of carboxylic acid groups (broad SMARTS) is 1. The number of ether oxygens (including phenoxy) is 1. The molecule has 15 heavy (non-hydrogen) atoms. The first-order valence-electron chi connectivity index (χ1n) is 4.30. The number of hydrogen-bond donors (Lipinski definition) is 1. The van der Waals surface area contributed by atoms with Crippen molar-refractivity contribution in [2.45, 2.75) is 6.92 Å². The minimum atomic E-state index is -1.07. The van der Waals surface area contributed by atoms with Crippen molar-refractivity contribution in [2.75, 3.05) is 6.61 Å². The molecule has 1 rings (SSSR count). The average Bonchev–Trinajstić information content (AvgIpc) is 2.18. The summed E-state index contributed by atoms with van der Waals surface area (Å²) in [6.07, 6.45) is 0. The fourth-order valence-corrected chi connectivity index (χ4v) is 1.12. The lowest BCUT2D eigenvalue weighted by molar-refractivity contribution is -0.133. The van der Waals surface area contributed by atoms with Gasteiger partial charge in [0.1, 0.15) is 12.4 Å². The van der Waals surface area contributed by atoms with Crippen LogP contribution in [0.4, 0.5) is 0 Å². The first-order chi connectivity index (χ1) is 7.00. The Morgan fingerprint density at radius 1 is 1.60 bits per heavy atom. The van der Waals surface area contributed by atoms with Gasteiger partial charge in [0.25, 0.3) is 0 Å². The number of benzene rings is 1. The molecule has 1 aromatic carbocycles. The molecule has 0 heterocycles. The third-order valence-electron chi connectivity index (χ3n) is 1.79. The lowest BCUT2D eigenvalue weighted by atomic mass is 10.2. The fourth-order valence-electron chi connectivity index (χ4n) is 0.948. The molecule has 0 fully saturated rings. The van der Waals surface area contributed by atoms with Gasteiger partial charge in [-0.05, 0) is 24.6 Å². The van der Waals surface area contributed by atoms with Crippen molar-refractivity contribution in [2.24, 2.45) is 0 Å². The summed E-state index contributed by atoms with van der Waals surface area (Å²) in [5.41, 5.74) is 0.989. The molecule has 3 nitrogen and oxygen atoms in total. The summed E-state index contributed by atoms with van der Waals surface area (Å²) >= 11 is 5.86. The molecule has 0 radical (unpaired) electrons. The maximum atomic E-state index is 10.5. The standard InChI is InChI=1S/C11H11ClO3/c1-7-3-4-9(12)10(5-7)15-6-8(2)11(13)14/h3-5H,2,6H2,1H3,(H,13,14). The van der Waals surface area contributed by atoms with Crippen LogP contribution in [0.2, 0.25) is 5.02 Å². The largest absolute Gasteiger partial charge is 0.487 e. The summed E-state index contributed by atoms with van der Waals surface area (Å²) in [4.78, 5) is 10.5. The SMILES string of the molecule is C=C(COc1cc(C)ccc1Cl)C(=O)O. The number of rotatable bonds is 4. The number of aryl methyl sites for hydroxylation is 1. The number of hydrogen-bond acceptors (Lipinski definition) is 2. The quantitative estimate of drug-likeness (QED) is 0.803. The van der Waals surface area contributed by atoms with Crippen LogP contribution >= 0.6 is 11.6 Å². The van der Waals surface area contributed by atoms with Gasteiger partial charge in [-0.3, -0.25) is 0 Å². The van der Waals surface area contributed by atoms with Crippen molar-refractivity contribution in [1.82, 2.24) is 0 Å². The minimum Gasteiger partial charge on any atom is -0.487 e. The maximum Gasteiger partial charge on any atom is 0.334 e. The molecule has 0 spiro atoms. The third kappa shape index (κ3) is 3.29. The Morgan fingerprint density at radius 3 is 2.87 bits per heavy atom. The van der Waals surface area contributed by atoms with E-state index in [-0.39, 0.29) is 12.2 Å². The molecule has 0 aromatic heterocycles. The van der Waals surface area contributed by atoms with Crippen molar-refractivity contribution in [1.29, 1.82) is 0 Å². The van der Waals surface area contributed by atoms with Gasteiger partial charge in [0.05, 0.1) is 10.6 Å². The van der Waals surface area contributed by atoms with Crippen LogP contribution in [0.25, 0.3) is 0 Å². The van der Waals surface area contributed by atoms with Crippen LogP contribution in [0.3, 0.4) is 0 Å². The van der Waals surface area contributed by atoms with E-state index in [1.165, 1.54) is 0 Å². The van der Waals surface area contributed by atoms with E-state index in [1.54, 1.807) is 12.1 Å². The molecule has 0 amide bonds. The van der Waals surface area contributed by atoms with E-state index in [1.807, 2.05) is 13.0 Å². The number of aliphatic carboxylic acids is 1. The molecule has 0 unspecified atom stereocenters. The Hall–Kier alpha value is -1.48. The third-order valence-corrected chi connectivity index (χ3v) is 2.10. The van der Waals surface area contributed by atoms with Gasteiger partial charge in [-0.15, -0.1) is 0 Å². The molecule has 0 bridgehead atoms. The second-order valence-electron chi connectivity index (χ2n) is 3.13. The van der Waals surface area contributed by atoms with E-state index in [0.29, 0.717) is 10.8 Å². The van der Waals surface area contributed by atoms with Gasteiger partial charge in [-0.25, -0.2) is 4.79 Å². The normalized spacial score (nSPS) is 9.73. The monoisotopic (exact) mass is 226 g/mol. The van der Waals surface area contributed by atoms with Gasteiger partial charge >= 0.3 is 5.97 Å². The predicted octanol–water partition coefficient (Wildman–Crippen LogP) is 2.67. The molecule has 0 aliphatic rings. The molecule has 0 saturated heterocycles. The second-order valence-corrected chi connectivity index (χ2v) is 3.54. The van der Waals surface area contributed by atoms with E-state index >= 15 is 0 Å². The lowest BCUT2D eigenvalue weighted by Crippen LogP contribution is -2.09. The van der Waals surface area contributed by atoms with Gasteiger partial charge in [0.2, 0.25) is 0 Å². The van der Waals surface area contributed by atoms with E-state index in [9.17, 15) is 4.79 Å². The molecule has 80 valence electrons. The maximum absolute atomic E-state index is 10.5. The summed E-state index contributed by atoms with van der Waals surface area (Å²) in [5, 5.41) is 9.03. The summed E-state index contributed by atoms with van der Waals surface area (Å²) in [6, 6.07) is 5.30. The Morgan fingerprint density at radius 2 is 2.27 bits per heavy atom. The fraction of sp³-hybridized carbons (Fsp3) is 0.182. The Labute approximate surface area is 92.9 Å². The summed E-state index contributed by atoms with van der Waals surface area (Å²) in [7, 11) is 0. The van der Waals surface area contributed by atoms with Crippen LogP contribution in [0, 0.1) is 6.92 Å². The van der Waals surface area contributed by atoms with Crippen LogP contribution in [-0.4, -0.2) is 17.7 Å². The molecule has 0 saturated carbocycles. The number of carbonyl (C=O) groups is 1. The molecule has 1 aromatic rings. The summed E-state index contributed by atoms with van der Waals surface area (Å²) in [6.45, 7) is 5.18. The smallest absolute Gasteiger partial charge is 0.334 e. The topological polar surface area (TPSA) is 46.5 Å². The molecular weight excluding hydrogens is 216 g/mol. The van der Waals surface area contributed by atoms with E-state index in [4.69, 9.17) is 21.4 Å². The van der Waals surface area contributed by atoms with Gasteiger partial charge < -0.3 is 9.84 Å². The van der Waals surface area contributed by atoms with Gasteiger partial charge in [-0.2, -0.15) is 0 Å². The number of carboxylic acids is 1. The van der Waals surface area contributed by atoms with Crippen molar-refractivity contribution < 1.29 is 14.6 Å². The lowest BCUT2D eigenvalue weighted by Gasteiger charge is -2.08. The van der Waals surface area contributed by atoms with E-state index in [0.717, 1.165) is 5.56 Å². The predicted molar refractivity (Wildman–Crippen MR) is 58.5 cm³/mol. The Kier molecular flexibility index (Phi) is 3.74. The zero-order chi connectivity index (χ0) is 11.4. The van der Waals surface area contributed by atoms with Gasteiger partial charge in [0, 0.05) is 0 Å². The highest BCUT2D eigenvalue weighted by Crippen LogP contribution is 2.25. The van der Waals surface area contributed by atoms with Crippen molar-refractivity contribution in [3.05, 3.63) is 40.9 Å². The van der Waals surface area contributed by atoms with Gasteiger partial charge in [0.15, 0.2) is 0 Å². The van der Waals surface area contributed by atoms with Crippen molar-refractivity contribution >= 4 is 17.6 Å². The molecular formula is C11H11ClO3. The van der Waals surface area contributed by atoms with Crippen LogP contribution in [0.15, 0.2) is 30.4 Å².